The van der Waals surface area contributed by atoms with Crippen molar-refractivity contribution in [2.24, 2.45) is 5.92 Å². The molecule has 120 valence electrons. The molecule has 0 spiro atoms. The minimum absolute atomic E-state index is 0. The molecule has 6 heteroatoms. The molecular weight excluding hydrogens is 294 g/mol. The molecular formula is C15H24ClNO4. The lowest BCUT2D eigenvalue weighted by atomic mass is 10.1. The first-order valence-corrected chi connectivity index (χ1v) is 6.87. The summed E-state index contributed by atoms with van der Waals surface area (Å²) in [6.07, 6.45) is -0.765. The SMILES string of the molecule is COC[C@H]1C[C@@H](NCc2cccc(OC)c2)[C@H](O)[C@@H]1O.Cl. The monoisotopic (exact) mass is 317 g/mol. The third-order valence-corrected chi connectivity index (χ3v) is 3.89. The van der Waals surface area contributed by atoms with Gasteiger partial charge in [-0.1, -0.05) is 12.1 Å². The number of hydrogen-bond acceptors (Lipinski definition) is 5. The number of aliphatic hydroxyl groups is 2. The second-order valence-corrected chi connectivity index (χ2v) is 5.27. The molecule has 4 atom stereocenters. The maximum atomic E-state index is 10.0. The maximum absolute atomic E-state index is 10.0. The van der Waals surface area contributed by atoms with Crippen LogP contribution in [0.5, 0.6) is 5.75 Å². The fourth-order valence-corrected chi connectivity index (χ4v) is 2.74. The predicted molar refractivity (Wildman–Crippen MR) is 82.9 cm³/mol. The molecule has 1 saturated carbocycles. The fraction of sp³-hybridized carbons (Fsp3) is 0.600. The van der Waals surface area contributed by atoms with Crippen LogP contribution in [0.2, 0.25) is 0 Å². The largest absolute Gasteiger partial charge is 0.497 e. The first-order valence-electron chi connectivity index (χ1n) is 6.87. The first-order chi connectivity index (χ1) is 9.65. The average molecular weight is 318 g/mol. The number of benzene rings is 1. The van der Waals surface area contributed by atoms with E-state index in [4.69, 9.17) is 9.47 Å². The summed E-state index contributed by atoms with van der Waals surface area (Å²) in [5.74, 6) is 0.798. The van der Waals surface area contributed by atoms with Crippen molar-refractivity contribution in [2.45, 2.75) is 31.2 Å². The standard InChI is InChI=1S/C15H23NO4.ClH/c1-19-9-11-7-13(15(18)14(11)17)16-8-10-4-3-5-12(6-10)20-2;/h3-6,11,13-18H,7-9H2,1-2H3;1H/t11-,13-,14-,15+;/m1./s1. The molecule has 1 aliphatic carbocycles. The Balaban J connectivity index is 0.00000220. The Morgan fingerprint density at radius 3 is 2.67 bits per heavy atom. The van der Waals surface area contributed by atoms with Gasteiger partial charge in [0.05, 0.1) is 25.9 Å². The zero-order valence-corrected chi connectivity index (χ0v) is 13.2. The van der Waals surface area contributed by atoms with Crippen molar-refractivity contribution >= 4 is 12.4 Å². The summed E-state index contributed by atoms with van der Waals surface area (Å²) < 4.78 is 10.3. The van der Waals surface area contributed by atoms with Crippen molar-refractivity contribution in [3.63, 3.8) is 0 Å². The van der Waals surface area contributed by atoms with E-state index in [1.54, 1.807) is 14.2 Å². The van der Waals surface area contributed by atoms with Gasteiger partial charge in [0.15, 0.2) is 0 Å². The molecule has 1 aliphatic rings. The molecule has 2 rings (SSSR count). The van der Waals surface area contributed by atoms with E-state index in [2.05, 4.69) is 5.32 Å². The van der Waals surface area contributed by atoms with Gasteiger partial charge in [-0.2, -0.15) is 0 Å². The summed E-state index contributed by atoms with van der Waals surface area (Å²) in [7, 11) is 3.25. The van der Waals surface area contributed by atoms with Crippen molar-refractivity contribution in [3.05, 3.63) is 29.8 Å². The molecule has 3 N–H and O–H groups in total. The summed E-state index contributed by atoms with van der Waals surface area (Å²) in [6, 6.07) is 7.67. The maximum Gasteiger partial charge on any atom is 0.119 e. The Morgan fingerprint density at radius 2 is 2.00 bits per heavy atom. The van der Waals surface area contributed by atoms with Gasteiger partial charge in [0.25, 0.3) is 0 Å². The number of aliphatic hydroxyl groups excluding tert-OH is 2. The minimum Gasteiger partial charge on any atom is -0.497 e. The van der Waals surface area contributed by atoms with E-state index in [9.17, 15) is 10.2 Å². The summed E-state index contributed by atoms with van der Waals surface area (Å²) >= 11 is 0. The fourth-order valence-electron chi connectivity index (χ4n) is 2.74. The molecule has 0 heterocycles. The van der Waals surface area contributed by atoms with Crippen LogP contribution >= 0.6 is 12.4 Å². The minimum atomic E-state index is -0.749. The Kier molecular flexibility index (Phi) is 7.42. The highest BCUT2D eigenvalue weighted by molar-refractivity contribution is 5.85. The Bertz CT molecular complexity index is 432. The zero-order chi connectivity index (χ0) is 14.5. The van der Waals surface area contributed by atoms with Crippen molar-refractivity contribution in [1.82, 2.24) is 5.32 Å². The van der Waals surface area contributed by atoms with Crippen molar-refractivity contribution in [3.8, 4) is 5.75 Å². The van der Waals surface area contributed by atoms with Gasteiger partial charge in [0, 0.05) is 25.6 Å². The van der Waals surface area contributed by atoms with Gasteiger partial charge in [-0.15, -0.1) is 12.4 Å². The topological polar surface area (TPSA) is 71.0 Å². The van der Waals surface area contributed by atoms with E-state index in [1.165, 1.54) is 0 Å². The molecule has 1 aromatic rings. The molecule has 1 fully saturated rings. The summed E-state index contributed by atoms with van der Waals surface area (Å²) in [5, 5.41) is 23.3. The Morgan fingerprint density at radius 1 is 1.24 bits per heavy atom. The van der Waals surface area contributed by atoms with Crippen LogP contribution in [-0.2, 0) is 11.3 Å². The Hall–Kier alpha value is -0.850. The lowest BCUT2D eigenvalue weighted by Gasteiger charge is -2.18. The van der Waals surface area contributed by atoms with E-state index in [-0.39, 0.29) is 24.4 Å². The number of methoxy groups -OCH3 is 2. The third-order valence-electron chi connectivity index (χ3n) is 3.89. The van der Waals surface area contributed by atoms with E-state index in [1.807, 2.05) is 24.3 Å². The second-order valence-electron chi connectivity index (χ2n) is 5.27. The van der Waals surface area contributed by atoms with Gasteiger partial charge in [-0.05, 0) is 24.1 Å². The van der Waals surface area contributed by atoms with Crippen molar-refractivity contribution < 1.29 is 19.7 Å². The number of halogens is 1. The molecule has 1 aromatic carbocycles. The predicted octanol–water partition coefficient (Wildman–Crippen LogP) is 0.963. The van der Waals surface area contributed by atoms with E-state index < -0.39 is 12.2 Å². The van der Waals surface area contributed by atoms with Crippen LogP contribution in [0.15, 0.2) is 24.3 Å². The van der Waals surface area contributed by atoms with E-state index in [0.717, 1.165) is 11.3 Å². The van der Waals surface area contributed by atoms with Gasteiger partial charge in [-0.3, -0.25) is 0 Å². The molecule has 0 unspecified atom stereocenters. The van der Waals surface area contributed by atoms with Gasteiger partial charge in [-0.25, -0.2) is 0 Å². The highest BCUT2D eigenvalue weighted by atomic mass is 35.5. The number of rotatable bonds is 6. The number of ether oxygens (including phenoxy) is 2. The molecule has 0 aliphatic heterocycles. The third kappa shape index (κ3) is 4.56. The van der Waals surface area contributed by atoms with Crippen LogP contribution in [0, 0.1) is 5.92 Å². The highest BCUT2D eigenvalue weighted by Crippen LogP contribution is 2.27. The van der Waals surface area contributed by atoms with Gasteiger partial charge >= 0.3 is 0 Å². The molecule has 5 nitrogen and oxygen atoms in total. The van der Waals surface area contributed by atoms with Gasteiger partial charge in [0.2, 0.25) is 0 Å². The lowest BCUT2D eigenvalue weighted by Crippen LogP contribution is -2.39. The number of nitrogens with one attached hydrogen (secondary N) is 1. The van der Waals surface area contributed by atoms with E-state index >= 15 is 0 Å². The molecule has 0 aromatic heterocycles. The Labute approximate surface area is 131 Å². The highest BCUT2D eigenvalue weighted by Gasteiger charge is 2.40. The van der Waals surface area contributed by atoms with Crippen LogP contribution in [0.1, 0.15) is 12.0 Å². The van der Waals surface area contributed by atoms with Crippen LogP contribution in [0.3, 0.4) is 0 Å². The lowest BCUT2D eigenvalue weighted by molar-refractivity contribution is -0.00597. The van der Waals surface area contributed by atoms with Crippen molar-refractivity contribution in [2.75, 3.05) is 20.8 Å². The number of hydrogen-bond donors (Lipinski definition) is 3. The zero-order valence-electron chi connectivity index (χ0n) is 12.4. The molecule has 21 heavy (non-hydrogen) atoms. The van der Waals surface area contributed by atoms with Crippen LogP contribution in [0.4, 0.5) is 0 Å². The molecule has 0 bridgehead atoms. The summed E-state index contributed by atoms with van der Waals surface area (Å²) in [5.41, 5.74) is 1.08. The van der Waals surface area contributed by atoms with E-state index in [0.29, 0.717) is 19.6 Å². The first kappa shape index (κ1) is 18.2. The van der Waals surface area contributed by atoms with Gasteiger partial charge < -0.3 is 25.0 Å². The molecule has 0 saturated heterocycles. The van der Waals surface area contributed by atoms with Crippen LogP contribution in [0.25, 0.3) is 0 Å². The van der Waals surface area contributed by atoms with Crippen LogP contribution in [-0.4, -0.2) is 49.3 Å². The molecule has 0 amide bonds. The van der Waals surface area contributed by atoms with Gasteiger partial charge in [0.1, 0.15) is 5.75 Å². The second kappa shape index (κ2) is 8.56. The molecule has 0 radical (unpaired) electrons. The summed E-state index contributed by atoms with van der Waals surface area (Å²) in [4.78, 5) is 0. The summed E-state index contributed by atoms with van der Waals surface area (Å²) in [6.45, 7) is 1.10. The average Bonchev–Trinajstić information content (AvgIpc) is 2.74. The smallest absolute Gasteiger partial charge is 0.119 e. The van der Waals surface area contributed by atoms with Crippen molar-refractivity contribution in [1.29, 1.82) is 0 Å². The quantitative estimate of drug-likeness (QED) is 0.729. The van der Waals surface area contributed by atoms with Crippen LogP contribution < -0.4 is 10.1 Å². The normalized spacial score (nSPS) is 28.2.